The third-order valence-electron chi connectivity index (χ3n) is 0.670. The molecule has 0 aliphatic rings. The second kappa shape index (κ2) is 4.69. The summed E-state index contributed by atoms with van der Waals surface area (Å²) in [5.74, 6) is 0.608. The van der Waals surface area contributed by atoms with Crippen molar-refractivity contribution in [2.24, 2.45) is 0 Å². The quantitative estimate of drug-likeness (QED) is 0.428. The Labute approximate surface area is 54.3 Å². The van der Waals surface area contributed by atoms with Crippen LogP contribution < -0.4 is 0 Å². The predicted octanol–water partition coefficient (Wildman–Crippen LogP) is 1.70. The molecule has 0 atom stereocenters. The summed E-state index contributed by atoms with van der Waals surface area (Å²) in [6, 6.07) is 0. The van der Waals surface area contributed by atoms with Crippen LogP contribution in [0.25, 0.3) is 0 Å². The Hall–Kier alpha value is 0.540. The van der Waals surface area contributed by atoms with Gasteiger partial charge in [0.1, 0.15) is 0 Å². The first-order valence-corrected chi connectivity index (χ1v) is 3.15. The molecule has 0 spiro atoms. The lowest BCUT2D eigenvalue weighted by molar-refractivity contribution is 0.510. The van der Waals surface area contributed by atoms with E-state index in [1.807, 2.05) is 6.92 Å². The Kier molecular flexibility index (Phi) is 5.05. The zero-order valence-electron chi connectivity index (χ0n) is 4.32. The SMILES string of the molecule is CCN(Cl)CCCl. The molecule has 0 amide bonds. The van der Waals surface area contributed by atoms with E-state index in [0.29, 0.717) is 5.88 Å². The molecular weight excluding hydrogens is 133 g/mol. The molecular formula is C4H9Cl2N. The van der Waals surface area contributed by atoms with Crippen molar-refractivity contribution in [2.75, 3.05) is 19.0 Å². The van der Waals surface area contributed by atoms with Crippen molar-refractivity contribution in [3.63, 3.8) is 0 Å². The topological polar surface area (TPSA) is 3.24 Å². The fourth-order valence-electron chi connectivity index (χ4n) is 0.250. The third kappa shape index (κ3) is 4.39. The maximum absolute atomic E-state index is 5.51. The summed E-state index contributed by atoms with van der Waals surface area (Å²) < 4.78 is 1.65. The van der Waals surface area contributed by atoms with Gasteiger partial charge in [-0.15, -0.1) is 11.6 Å². The van der Waals surface area contributed by atoms with E-state index in [-0.39, 0.29) is 0 Å². The van der Waals surface area contributed by atoms with Gasteiger partial charge in [-0.25, -0.2) is 4.42 Å². The Balaban J connectivity index is 2.83. The van der Waals surface area contributed by atoms with Gasteiger partial charge < -0.3 is 0 Å². The van der Waals surface area contributed by atoms with Gasteiger partial charge in [0.2, 0.25) is 0 Å². The minimum absolute atomic E-state index is 0.608. The summed E-state index contributed by atoms with van der Waals surface area (Å²) >= 11 is 10.9. The first-order valence-electron chi connectivity index (χ1n) is 2.28. The molecule has 44 valence electrons. The molecule has 0 radical (unpaired) electrons. The third-order valence-corrected chi connectivity index (χ3v) is 1.25. The molecule has 3 heteroatoms. The second-order valence-corrected chi connectivity index (χ2v) is 2.05. The molecule has 0 aromatic rings. The highest BCUT2D eigenvalue weighted by Gasteiger charge is 1.90. The van der Waals surface area contributed by atoms with Crippen LogP contribution in [0.2, 0.25) is 0 Å². The minimum Gasteiger partial charge on any atom is -0.219 e. The van der Waals surface area contributed by atoms with Gasteiger partial charge in [-0.05, 0) is 11.8 Å². The van der Waals surface area contributed by atoms with Crippen LogP contribution in [-0.2, 0) is 0 Å². The lowest BCUT2D eigenvalue weighted by Crippen LogP contribution is -2.13. The zero-order valence-corrected chi connectivity index (χ0v) is 5.84. The molecule has 0 fully saturated rings. The van der Waals surface area contributed by atoms with E-state index in [1.165, 1.54) is 0 Å². The fourth-order valence-corrected chi connectivity index (χ4v) is 0.625. The van der Waals surface area contributed by atoms with Crippen molar-refractivity contribution < 1.29 is 0 Å². The van der Waals surface area contributed by atoms with Crippen LogP contribution in [0.15, 0.2) is 0 Å². The summed E-state index contributed by atoms with van der Waals surface area (Å²) in [5.41, 5.74) is 0. The molecule has 0 aliphatic heterocycles. The molecule has 7 heavy (non-hydrogen) atoms. The minimum atomic E-state index is 0.608. The van der Waals surface area contributed by atoms with E-state index < -0.39 is 0 Å². The van der Waals surface area contributed by atoms with E-state index in [9.17, 15) is 0 Å². The van der Waals surface area contributed by atoms with E-state index in [4.69, 9.17) is 23.4 Å². The van der Waals surface area contributed by atoms with Crippen molar-refractivity contribution >= 4 is 23.4 Å². The summed E-state index contributed by atoms with van der Waals surface area (Å²) in [7, 11) is 0. The molecule has 1 nitrogen and oxygen atoms in total. The van der Waals surface area contributed by atoms with Crippen LogP contribution in [0.4, 0.5) is 0 Å². The molecule has 0 rings (SSSR count). The Morgan fingerprint density at radius 3 is 2.29 bits per heavy atom. The fraction of sp³-hybridized carbons (Fsp3) is 1.00. The molecule has 0 heterocycles. The van der Waals surface area contributed by atoms with Crippen LogP contribution in [0.5, 0.6) is 0 Å². The first kappa shape index (κ1) is 7.54. The number of nitrogens with zero attached hydrogens (tertiary/aromatic N) is 1. The van der Waals surface area contributed by atoms with Crippen molar-refractivity contribution in [3.05, 3.63) is 0 Å². The van der Waals surface area contributed by atoms with Crippen LogP contribution in [0.1, 0.15) is 6.92 Å². The maximum atomic E-state index is 5.51. The number of hydrogen-bond donors (Lipinski definition) is 0. The van der Waals surface area contributed by atoms with Gasteiger partial charge in [0.15, 0.2) is 0 Å². The standard InChI is InChI=1S/C4H9Cl2N/c1-2-7(6)4-3-5/h2-4H2,1H3. The van der Waals surface area contributed by atoms with Gasteiger partial charge >= 0.3 is 0 Å². The van der Waals surface area contributed by atoms with Gasteiger partial charge in [-0.1, -0.05) is 6.92 Å². The van der Waals surface area contributed by atoms with Gasteiger partial charge in [-0.3, -0.25) is 0 Å². The summed E-state index contributed by atoms with van der Waals surface area (Å²) in [6.07, 6.45) is 0. The molecule has 0 N–H and O–H groups in total. The average molecular weight is 142 g/mol. The highest BCUT2D eigenvalue weighted by Crippen LogP contribution is 1.91. The zero-order chi connectivity index (χ0) is 5.70. The monoisotopic (exact) mass is 141 g/mol. The Morgan fingerprint density at radius 1 is 1.57 bits per heavy atom. The Morgan fingerprint density at radius 2 is 2.14 bits per heavy atom. The summed E-state index contributed by atoms with van der Waals surface area (Å²) in [6.45, 7) is 3.60. The van der Waals surface area contributed by atoms with Crippen molar-refractivity contribution in [3.8, 4) is 0 Å². The smallest absolute Gasteiger partial charge is 0.0364 e. The summed E-state index contributed by atoms with van der Waals surface area (Å²) in [5, 5.41) is 0. The van der Waals surface area contributed by atoms with E-state index in [0.717, 1.165) is 13.1 Å². The van der Waals surface area contributed by atoms with E-state index in [2.05, 4.69) is 0 Å². The van der Waals surface area contributed by atoms with Crippen LogP contribution in [0, 0.1) is 0 Å². The first-order chi connectivity index (χ1) is 3.31. The molecule has 0 bridgehead atoms. The maximum Gasteiger partial charge on any atom is 0.0364 e. The van der Waals surface area contributed by atoms with Crippen LogP contribution >= 0.6 is 23.4 Å². The molecule has 0 aromatic heterocycles. The van der Waals surface area contributed by atoms with E-state index >= 15 is 0 Å². The number of rotatable bonds is 3. The summed E-state index contributed by atoms with van der Waals surface area (Å²) in [4.78, 5) is 0. The van der Waals surface area contributed by atoms with Gasteiger partial charge in [0, 0.05) is 19.0 Å². The molecule has 0 aromatic carbocycles. The number of halogens is 2. The molecule has 0 aliphatic carbocycles. The van der Waals surface area contributed by atoms with Gasteiger partial charge in [0.05, 0.1) is 0 Å². The van der Waals surface area contributed by atoms with E-state index in [1.54, 1.807) is 4.42 Å². The number of alkyl halides is 1. The molecule has 0 unspecified atom stereocenters. The van der Waals surface area contributed by atoms with Crippen molar-refractivity contribution in [1.82, 2.24) is 4.42 Å². The average Bonchev–Trinajstić information content (AvgIpc) is 1.68. The van der Waals surface area contributed by atoms with Crippen molar-refractivity contribution in [1.29, 1.82) is 0 Å². The number of hydrogen-bond acceptors (Lipinski definition) is 1. The predicted molar refractivity (Wildman–Crippen MR) is 33.8 cm³/mol. The molecule has 0 saturated heterocycles. The largest absolute Gasteiger partial charge is 0.219 e. The van der Waals surface area contributed by atoms with Gasteiger partial charge in [0.25, 0.3) is 0 Å². The normalized spacial score (nSPS) is 10.3. The second-order valence-electron chi connectivity index (χ2n) is 1.19. The van der Waals surface area contributed by atoms with Gasteiger partial charge in [-0.2, -0.15) is 0 Å². The lowest BCUT2D eigenvalue weighted by Gasteiger charge is -2.05. The Bertz CT molecular complexity index is 40.7. The lowest BCUT2D eigenvalue weighted by atomic mass is 10.7. The van der Waals surface area contributed by atoms with Crippen LogP contribution in [-0.4, -0.2) is 23.4 Å². The molecule has 0 saturated carbocycles. The van der Waals surface area contributed by atoms with Crippen molar-refractivity contribution in [2.45, 2.75) is 6.92 Å². The highest BCUT2D eigenvalue weighted by molar-refractivity contribution is 6.19. The highest BCUT2D eigenvalue weighted by atomic mass is 35.5. The van der Waals surface area contributed by atoms with Crippen LogP contribution in [0.3, 0.4) is 0 Å².